The summed E-state index contributed by atoms with van der Waals surface area (Å²) in [4.78, 5) is 0. The summed E-state index contributed by atoms with van der Waals surface area (Å²) in [5.74, 6) is 0.960. The van der Waals surface area contributed by atoms with Crippen molar-refractivity contribution in [2.75, 3.05) is 5.32 Å². The Labute approximate surface area is 109 Å². The number of benzene rings is 1. The van der Waals surface area contributed by atoms with Crippen LogP contribution >= 0.6 is 0 Å². The molecule has 0 amide bonds. The number of furan rings is 1. The molecule has 2 nitrogen and oxygen atoms in total. The highest BCUT2D eigenvalue weighted by atomic mass is 16.3. The molecule has 1 N–H and O–H groups in total. The summed E-state index contributed by atoms with van der Waals surface area (Å²) in [7, 11) is 0. The predicted molar refractivity (Wildman–Crippen MR) is 75.7 cm³/mol. The van der Waals surface area contributed by atoms with E-state index in [0.29, 0.717) is 0 Å². The van der Waals surface area contributed by atoms with Crippen molar-refractivity contribution in [3.05, 3.63) is 54.0 Å². The average molecular weight is 243 g/mol. The lowest BCUT2D eigenvalue weighted by Crippen LogP contribution is -1.98. The quantitative estimate of drug-likeness (QED) is 0.717. The van der Waals surface area contributed by atoms with Crippen LogP contribution in [0.25, 0.3) is 0 Å². The fraction of sp³-hybridized carbons (Fsp3) is 0.375. The van der Waals surface area contributed by atoms with Crippen molar-refractivity contribution in [2.45, 2.75) is 39.2 Å². The first-order chi connectivity index (χ1) is 8.88. The van der Waals surface area contributed by atoms with Crippen molar-refractivity contribution in [2.24, 2.45) is 0 Å². The number of hydrogen-bond acceptors (Lipinski definition) is 2. The number of aryl methyl sites for hydroxylation is 1. The third kappa shape index (κ3) is 3.95. The summed E-state index contributed by atoms with van der Waals surface area (Å²) in [5.41, 5.74) is 2.57. The van der Waals surface area contributed by atoms with E-state index >= 15 is 0 Å². The third-order valence-corrected chi connectivity index (χ3v) is 3.07. The van der Waals surface area contributed by atoms with E-state index < -0.39 is 0 Å². The summed E-state index contributed by atoms with van der Waals surface area (Å²) in [6, 6.07) is 12.6. The molecule has 0 fully saturated rings. The van der Waals surface area contributed by atoms with Crippen molar-refractivity contribution in [3.8, 4) is 0 Å². The molecule has 2 rings (SSSR count). The van der Waals surface area contributed by atoms with Crippen LogP contribution in [-0.2, 0) is 13.0 Å². The second-order valence-electron chi connectivity index (χ2n) is 4.59. The van der Waals surface area contributed by atoms with Crippen LogP contribution < -0.4 is 5.32 Å². The van der Waals surface area contributed by atoms with Gasteiger partial charge >= 0.3 is 0 Å². The highest BCUT2D eigenvalue weighted by molar-refractivity contribution is 5.44. The molecule has 0 spiro atoms. The largest absolute Gasteiger partial charge is 0.467 e. The molecule has 0 bridgehead atoms. The summed E-state index contributed by atoms with van der Waals surface area (Å²) >= 11 is 0. The Morgan fingerprint density at radius 2 is 1.89 bits per heavy atom. The maximum Gasteiger partial charge on any atom is 0.122 e. The van der Waals surface area contributed by atoms with Gasteiger partial charge in [0.1, 0.15) is 5.76 Å². The van der Waals surface area contributed by atoms with Crippen molar-refractivity contribution in [1.82, 2.24) is 0 Å². The molecule has 1 aromatic heterocycles. The summed E-state index contributed by atoms with van der Waals surface area (Å²) in [6.45, 7) is 2.98. The molecule has 1 aromatic carbocycles. The molecule has 0 aliphatic heterocycles. The predicted octanol–water partition coefficient (Wildman–Crippen LogP) is 4.62. The topological polar surface area (TPSA) is 25.2 Å². The first-order valence-corrected chi connectivity index (χ1v) is 6.73. The molecule has 0 aliphatic carbocycles. The van der Waals surface area contributed by atoms with E-state index in [-0.39, 0.29) is 0 Å². The van der Waals surface area contributed by atoms with Gasteiger partial charge in [-0.05, 0) is 42.7 Å². The number of hydrogen-bond donors (Lipinski definition) is 1. The third-order valence-electron chi connectivity index (χ3n) is 3.07. The molecule has 0 unspecified atom stereocenters. The first-order valence-electron chi connectivity index (χ1n) is 6.73. The van der Waals surface area contributed by atoms with Crippen LogP contribution in [0, 0.1) is 0 Å². The highest BCUT2D eigenvalue weighted by Gasteiger charge is 1.97. The first kappa shape index (κ1) is 12.7. The molecule has 0 saturated heterocycles. The lowest BCUT2D eigenvalue weighted by atomic mass is 10.1. The normalized spacial score (nSPS) is 10.5. The van der Waals surface area contributed by atoms with Gasteiger partial charge in [-0.3, -0.25) is 0 Å². The molecule has 0 radical (unpaired) electrons. The fourth-order valence-corrected chi connectivity index (χ4v) is 1.97. The Morgan fingerprint density at radius 3 is 2.56 bits per heavy atom. The van der Waals surface area contributed by atoms with Crippen molar-refractivity contribution in [1.29, 1.82) is 0 Å². The van der Waals surface area contributed by atoms with E-state index in [2.05, 4.69) is 36.5 Å². The number of unbranched alkanes of at least 4 members (excludes halogenated alkanes) is 2. The van der Waals surface area contributed by atoms with Crippen LogP contribution in [0.4, 0.5) is 5.69 Å². The van der Waals surface area contributed by atoms with Gasteiger partial charge in [0.2, 0.25) is 0 Å². The second-order valence-corrected chi connectivity index (χ2v) is 4.59. The van der Waals surface area contributed by atoms with E-state index in [9.17, 15) is 0 Å². The monoisotopic (exact) mass is 243 g/mol. The Kier molecular flexibility index (Phi) is 4.88. The lowest BCUT2D eigenvalue weighted by Gasteiger charge is -2.06. The summed E-state index contributed by atoms with van der Waals surface area (Å²) in [5, 5.41) is 3.35. The minimum atomic E-state index is 0.738. The number of rotatable bonds is 7. The number of anilines is 1. The van der Waals surface area contributed by atoms with Crippen LogP contribution in [-0.4, -0.2) is 0 Å². The van der Waals surface area contributed by atoms with E-state index in [0.717, 1.165) is 18.0 Å². The fourth-order valence-electron chi connectivity index (χ4n) is 1.97. The minimum absolute atomic E-state index is 0.738. The zero-order valence-electron chi connectivity index (χ0n) is 11.0. The van der Waals surface area contributed by atoms with E-state index in [4.69, 9.17) is 4.42 Å². The van der Waals surface area contributed by atoms with Gasteiger partial charge in [0.15, 0.2) is 0 Å². The molecule has 1 heterocycles. The van der Waals surface area contributed by atoms with E-state index in [1.165, 1.54) is 31.2 Å². The Hall–Kier alpha value is -1.70. The number of nitrogens with one attached hydrogen (secondary N) is 1. The van der Waals surface area contributed by atoms with Gasteiger partial charge in [0, 0.05) is 5.69 Å². The van der Waals surface area contributed by atoms with Gasteiger partial charge in [-0.1, -0.05) is 31.9 Å². The van der Waals surface area contributed by atoms with Crippen LogP contribution in [0.1, 0.15) is 37.5 Å². The molecular formula is C16H21NO. The molecule has 96 valence electrons. The molecule has 0 aliphatic rings. The highest BCUT2D eigenvalue weighted by Crippen LogP contribution is 2.13. The standard InChI is InChI=1S/C16H21NO/c1-2-3-4-6-14-8-10-15(11-9-14)17-13-16-7-5-12-18-16/h5,7-12,17H,2-4,6,13H2,1H3. The molecule has 2 heteroatoms. The molecule has 0 atom stereocenters. The Bertz CT molecular complexity index is 431. The zero-order chi connectivity index (χ0) is 12.6. The van der Waals surface area contributed by atoms with Crippen LogP contribution in [0.3, 0.4) is 0 Å². The molecular weight excluding hydrogens is 222 g/mol. The van der Waals surface area contributed by atoms with Crippen LogP contribution in [0.15, 0.2) is 47.1 Å². The smallest absolute Gasteiger partial charge is 0.122 e. The van der Waals surface area contributed by atoms with Gasteiger partial charge < -0.3 is 9.73 Å². The molecule has 0 saturated carbocycles. The lowest BCUT2D eigenvalue weighted by molar-refractivity contribution is 0.518. The Morgan fingerprint density at radius 1 is 1.06 bits per heavy atom. The molecule has 2 aromatic rings. The van der Waals surface area contributed by atoms with Gasteiger partial charge in [-0.15, -0.1) is 0 Å². The van der Waals surface area contributed by atoms with Crippen molar-refractivity contribution < 1.29 is 4.42 Å². The van der Waals surface area contributed by atoms with Crippen LogP contribution in [0.2, 0.25) is 0 Å². The molecule has 18 heavy (non-hydrogen) atoms. The summed E-state index contributed by atoms with van der Waals surface area (Å²) in [6.07, 6.45) is 6.77. The van der Waals surface area contributed by atoms with Crippen LogP contribution in [0.5, 0.6) is 0 Å². The maximum absolute atomic E-state index is 5.28. The maximum atomic E-state index is 5.28. The van der Waals surface area contributed by atoms with Gasteiger partial charge in [-0.25, -0.2) is 0 Å². The van der Waals surface area contributed by atoms with Gasteiger partial charge in [-0.2, -0.15) is 0 Å². The second kappa shape index (κ2) is 6.90. The van der Waals surface area contributed by atoms with Gasteiger partial charge in [0.25, 0.3) is 0 Å². The average Bonchev–Trinajstić information content (AvgIpc) is 2.91. The van der Waals surface area contributed by atoms with Gasteiger partial charge in [0.05, 0.1) is 12.8 Å². The minimum Gasteiger partial charge on any atom is -0.467 e. The zero-order valence-corrected chi connectivity index (χ0v) is 11.0. The van der Waals surface area contributed by atoms with Crippen molar-refractivity contribution >= 4 is 5.69 Å². The van der Waals surface area contributed by atoms with Crippen molar-refractivity contribution in [3.63, 3.8) is 0 Å². The summed E-state index contributed by atoms with van der Waals surface area (Å²) < 4.78 is 5.28. The SMILES string of the molecule is CCCCCc1ccc(NCc2ccco2)cc1. The Balaban J connectivity index is 1.80. The van der Waals surface area contributed by atoms with E-state index in [1.807, 2.05) is 12.1 Å². The van der Waals surface area contributed by atoms with E-state index in [1.54, 1.807) is 6.26 Å².